The van der Waals surface area contributed by atoms with Crippen LogP contribution in [-0.4, -0.2) is 52.9 Å². The van der Waals surface area contributed by atoms with Crippen LogP contribution in [0.15, 0.2) is 48.5 Å². The topological polar surface area (TPSA) is 146 Å². The van der Waals surface area contributed by atoms with E-state index in [1.165, 1.54) is 56.0 Å². The van der Waals surface area contributed by atoms with Gasteiger partial charge in [0.25, 0.3) is 0 Å². The van der Waals surface area contributed by atoms with Gasteiger partial charge in [0.15, 0.2) is 11.5 Å². The molecule has 0 radical (unpaired) electrons. The van der Waals surface area contributed by atoms with Crippen molar-refractivity contribution in [2.45, 2.75) is 90.7 Å². The van der Waals surface area contributed by atoms with Crippen LogP contribution in [0.4, 0.5) is 10.5 Å². The van der Waals surface area contributed by atoms with Crippen molar-refractivity contribution in [3.8, 4) is 17.2 Å². The first kappa shape index (κ1) is 35.0. The van der Waals surface area contributed by atoms with E-state index in [1.807, 2.05) is 0 Å². The van der Waals surface area contributed by atoms with Gasteiger partial charge in [0, 0.05) is 18.3 Å². The van der Waals surface area contributed by atoms with Gasteiger partial charge in [0.05, 0.1) is 6.61 Å². The molecule has 2 aromatic carbocycles. The van der Waals surface area contributed by atoms with Crippen LogP contribution in [0.5, 0.6) is 17.2 Å². The van der Waals surface area contributed by atoms with Gasteiger partial charge < -0.3 is 35.6 Å². The Morgan fingerprint density at radius 2 is 1.60 bits per heavy atom. The first-order chi connectivity index (χ1) is 20.5. The Labute approximate surface area is 254 Å². The predicted octanol–water partition coefficient (Wildman–Crippen LogP) is 6.28. The third kappa shape index (κ3) is 15.0. The first-order valence-electron chi connectivity index (χ1n) is 15.0. The van der Waals surface area contributed by atoms with E-state index in [1.54, 1.807) is 45.0 Å². The number of phenolic OH excluding ortho intramolecular Hbond substituents is 2. The van der Waals surface area contributed by atoms with Crippen LogP contribution in [0.1, 0.15) is 84.6 Å². The highest BCUT2D eigenvalue weighted by Gasteiger charge is 2.21. The molecule has 10 nitrogen and oxygen atoms in total. The van der Waals surface area contributed by atoms with Gasteiger partial charge in [0.1, 0.15) is 17.4 Å². The van der Waals surface area contributed by atoms with Crippen molar-refractivity contribution in [1.29, 1.82) is 0 Å². The van der Waals surface area contributed by atoms with Crippen molar-refractivity contribution in [2.24, 2.45) is 0 Å². The number of nitrogens with one attached hydrogen (secondary N) is 3. The zero-order chi connectivity index (χ0) is 31.7. The van der Waals surface area contributed by atoms with Crippen molar-refractivity contribution >= 4 is 29.7 Å². The van der Waals surface area contributed by atoms with Crippen LogP contribution >= 0.6 is 0 Å². The van der Waals surface area contributed by atoms with Gasteiger partial charge in [-0.3, -0.25) is 9.59 Å². The van der Waals surface area contributed by atoms with Gasteiger partial charge in [-0.25, -0.2) is 4.79 Å². The van der Waals surface area contributed by atoms with E-state index >= 15 is 0 Å². The minimum Gasteiger partial charge on any atom is -0.504 e. The number of carbonyl (C=O) groups excluding carboxylic acids is 3. The van der Waals surface area contributed by atoms with Gasteiger partial charge in [0.2, 0.25) is 11.8 Å². The maximum Gasteiger partial charge on any atom is 0.407 e. The third-order valence-electron chi connectivity index (χ3n) is 6.29. The highest BCUT2D eigenvalue weighted by molar-refractivity contribution is 6.00. The van der Waals surface area contributed by atoms with Gasteiger partial charge in [-0.2, -0.15) is 0 Å². The molecule has 0 aliphatic heterocycles. The Hall–Kier alpha value is -4.21. The van der Waals surface area contributed by atoms with Gasteiger partial charge >= 0.3 is 6.09 Å². The second-order valence-electron chi connectivity index (χ2n) is 11.3. The number of hydrogen-bond acceptors (Lipinski definition) is 7. The normalized spacial score (nSPS) is 12.0. The SMILES string of the molecule is CCCCCCCCOc1ccc(NC(=O)C(CCCNC(=O)OC(C)(C)C)NC(=O)/C=C/c2ccc(O)c(O)c2)cc1. The molecule has 43 heavy (non-hydrogen) atoms. The number of rotatable bonds is 17. The monoisotopic (exact) mass is 597 g/mol. The van der Waals surface area contributed by atoms with E-state index < -0.39 is 29.6 Å². The molecule has 5 N–H and O–H groups in total. The maximum atomic E-state index is 13.2. The number of anilines is 1. The largest absolute Gasteiger partial charge is 0.504 e. The average molecular weight is 598 g/mol. The van der Waals surface area contributed by atoms with E-state index in [0.717, 1.165) is 18.6 Å². The molecule has 3 amide bonds. The lowest BCUT2D eigenvalue weighted by Gasteiger charge is -2.20. The fraction of sp³-hybridized carbons (Fsp3) is 0.485. The Balaban J connectivity index is 1.95. The summed E-state index contributed by atoms with van der Waals surface area (Å²) in [6.45, 7) is 8.39. The van der Waals surface area contributed by atoms with Crippen molar-refractivity contribution in [1.82, 2.24) is 10.6 Å². The molecule has 1 atom stereocenters. The molecule has 0 aliphatic rings. The number of unbranched alkanes of at least 4 members (excludes halogenated alkanes) is 5. The number of ether oxygens (including phenoxy) is 2. The molecule has 0 heterocycles. The molecular weight excluding hydrogens is 550 g/mol. The molecule has 0 bridgehead atoms. The quantitative estimate of drug-likeness (QED) is 0.0819. The van der Waals surface area contributed by atoms with E-state index in [4.69, 9.17) is 9.47 Å². The maximum absolute atomic E-state index is 13.2. The highest BCUT2D eigenvalue weighted by atomic mass is 16.6. The second kappa shape index (κ2) is 18.4. The van der Waals surface area contributed by atoms with Crippen molar-refractivity contribution in [3.05, 3.63) is 54.1 Å². The Bertz CT molecular complexity index is 1190. The van der Waals surface area contributed by atoms with E-state index in [-0.39, 0.29) is 24.5 Å². The molecule has 236 valence electrons. The summed E-state index contributed by atoms with van der Waals surface area (Å²) < 4.78 is 11.0. The standard InChI is InChI=1S/C33H47N3O7/c1-5-6-7-8-9-10-22-42-26-17-15-25(16-18-26)35-31(40)27(12-11-21-34-32(41)43-33(2,3)4)36-30(39)20-14-24-13-19-28(37)29(38)23-24/h13-20,23,27,37-38H,5-12,21-22H2,1-4H3,(H,34,41)(H,35,40)(H,36,39)/b20-14+. The lowest BCUT2D eigenvalue weighted by atomic mass is 10.1. The number of alkyl carbamates (subject to hydrolysis) is 1. The number of aromatic hydroxyl groups is 2. The lowest BCUT2D eigenvalue weighted by Crippen LogP contribution is -2.43. The molecular formula is C33H47N3O7. The van der Waals surface area contributed by atoms with Crippen molar-refractivity contribution in [2.75, 3.05) is 18.5 Å². The van der Waals surface area contributed by atoms with Crippen LogP contribution in [0, 0.1) is 0 Å². The summed E-state index contributed by atoms with van der Waals surface area (Å²) in [6.07, 6.45) is 9.88. The second-order valence-corrected chi connectivity index (χ2v) is 11.3. The van der Waals surface area contributed by atoms with E-state index in [2.05, 4.69) is 22.9 Å². The number of hydrogen-bond donors (Lipinski definition) is 5. The van der Waals surface area contributed by atoms with Gasteiger partial charge in [-0.1, -0.05) is 45.1 Å². The highest BCUT2D eigenvalue weighted by Crippen LogP contribution is 2.25. The molecule has 0 saturated carbocycles. The predicted molar refractivity (Wildman–Crippen MR) is 168 cm³/mol. The molecule has 0 aliphatic carbocycles. The zero-order valence-electron chi connectivity index (χ0n) is 25.8. The number of benzene rings is 2. The molecule has 2 aromatic rings. The lowest BCUT2D eigenvalue weighted by molar-refractivity contribution is -0.124. The minimum absolute atomic E-state index is 0.251. The summed E-state index contributed by atoms with van der Waals surface area (Å²) in [5.74, 6) is -0.796. The fourth-order valence-electron chi connectivity index (χ4n) is 4.05. The van der Waals surface area contributed by atoms with Crippen LogP contribution < -0.4 is 20.7 Å². The summed E-state index contributed by atoms with van der Waals surface area (Å²) in [7, 11) is 0. The third-order valence-corrected chi connectivity index (χ3v) is 6.29. The number of phenols is 2. The van der Waals surface area contributed by atoms with Crippen LogP contribution in [0.3, 0.4) is 0 Å². The minimum atomic E-state index is -0.894. The fourth-order valence-corrected chi connectivity index (χ4v) is 4.05. The van der Waals surface area contributed by atoms with Crippen molar-refractivity contribution in [3.63, 3.8) is 0 Å². The Kier molecular flexibility index (Phi) is 14.9. The van der Waals surface area contributed by atoms with E-state index in [9.17, 15) is 24.6 Å². The molecule has 0 fully saturated rings. The summed E-state index contributed by atoms with van der Waals surface area (Å²) >= 11 is 0. The molecule has 2 rings (SSSR count). The molecule has 0 aromatic heterocycles. The van der Waals surface area contributed by atoms with Crippen LogP contribution in [-0.2, 0) is 14.3 Å². The van der Waals surface area contributed by atoms with E-state index in [0.29, 0.717) is 24.3 Å². The van der Waals surface area contributed by atoms with Crippen molar-refractivity contribution < 1.29 is 34.1 Å². The van der Waals surface area contributed by atoms with Gasteiger partial charge in [-0.15, -0.1) is 0 Å². The number of carbonyl (C=O) groups is 3. The Morgan fingerprint density at radius 1 is 0.907 bits per heavy atom. The summed E-state index contributed by atoms with van der Waals surface area (Å²) in [5.41, 5.74) is 0.417. The molecule has 0 spiro atoms. The van der Waals surface area contributed by atoms with Gasteiger partial charge in [-0.05, 0) is 88.1 Å². The average Bonchev–Trinajstić information content (AvgIpc) is 2.94. The summed E-state index contributed by atoms with van der Waals surface area (Å²) in [4.78, 5) is 37.8. The van der Waals surface area contributed by atoms with Crippen LogP contribution in [0.2, 0.25) is 0 Å². The first-order valence-corrected chi connectivity index (χ1v) is 15.0. The van der Waals surface area contributed by atoms with Crippen LogP contribution in [0.25, 0.3) is 6.08 Å². The zero-order valence-corrected chi connectivity index (χ0v) is 25.8. The summed E-state index contributed by atoms with van der Waals surface area (Å²) in [5, 5.41) is 27.3. The Morgan fingerprint density at radius 3 is 2.28 bits per heavy atom. The molecule has 1 unspecified atom stereocenters. The smallest absolute Gasteiger partial charge is 0.407 e. The molecule has 0 saturated heterocycles. The summed E-state index contributed by atoms with van der Waals surface area (Å²) in [6, 6.07) is 10.3. The molecule has 10 heteroatoms. The number of amides is 3.